The number of nitrogens with zero attached hydrogens (tertiary/aromatic N) is 1. The molecule has 0 saturated heterocycles. The summed E-state index contributed by atoms with van der Waals surface area (Å²) in [6, 6.07) is 8.87. The van der Waals surface area contributed by atoms with Gasteiger partial charge in [-0.15, -0.1) is 0 Å². The van der Waals surface area contributed by atoms with Gasteiger partial charge in [-0.2, -0.15) is 0 Å². The van der Waals surface area contributed by atoms with E-state index in [0.29, 0.717) is 16.8 Å². The highest BCUT2D eigenvalue weighted by molar-refractivity contribution is 6.00. The largest absolute Gasteiger partial charge is 0.417 e. The average molecular weight is 308 g/mol. The van der Waals surface area contributed by atoms with E-state index in [9.17, 15) is 9.59 Å². The number of pyridine rings is 1. The molecular weight excluding hydrogens is 296 g/mol. The number of carbonyl (C=O) groups is 1. The Labute approximate surface area is 129 Å². The van der Waals surface area contributed by atoms with Crippen LogP contribution in [0.15, 0.2) is 51.9 Å². The molecule has 1 aromatic carbocycles. The molecule has 3 heterocycles. The zero-order valence-electron chi connectivity index (χ0n) is 11.9. The molecule has 4 aromatic rings. The van der Waals surface area contributed by atoms with Crippen molar-refractivity contribution in [2.24, 2.45) is 0 Å². The number of carbonyl (C=O) groups excluding carboxylic acids is 1. The van der Waals surface area contributed by atoms with Crippen molar-refractivity contribution >= 4 is 33.7 Å². The molecular formula is C16H12N4O3. The number of nitrogens with one attached hydrogen (secondary N) is 3. The zero-order chi connectivity index (χ0) is 15.8. The Hall–Kier alpha value is -3.35. The Balaban J connectivity index is 1.61. The molecule has 0 unspecified atom stereocenters. The van der Waals surface area contributed by atoms with E-state index < -0.39 is 5.76 Å². The van der Waals surface area contributed by atoms with E-state index in [4.69, 9.17) is 4.42 Å². The van der Waals surface area contributed by atoms with Crippen molar-refractivity contribution in [3.63, 3.8) is 0 Å². The van der Waals surface area contributed by atoms with Crippen LogP contribution in [-0.2, 0) is 11.2 Å². The highest BCUT2D eigenvalue weighted by Gasteiger charge is 2.12. The summed E-state index contributed by atoms with van der Waals surface area (Å²) in [6.07, 6.45) is 3.66. The monoisotopic (exact) mass is 308 g/mol. The molecule has 0 fully saturated rings. The number of rotatable bonds is 3. The van der Waals surface area contributed by atoms with E-state index in [1.165, 1.54) is 0 Å². The Bertz CT molecular complexity index is 1070. The van der Waals surface area contributed by atoms with Gasteiger partial charge < -0.3 is 14.7 Å². The van der Waals surface area contributed by atoms with E-state index in [1.54, 1.807) is 30.6 Å². The van der Waals surface area contributed by atoms with Gasteiger partial charge in [-0.3, -0.25) is 9.78 Å². The van der Waals surface area contributed by atoms with Crippen LogP contribution in [0.4, 0.5) is 5.69 Å². The fourth-order valence-corrected chi connectivity index (χ4v) is 2.60. The fraction of sp³-hybridized carbons (Fsp3) is 0.0625. The first-order valence-corrected chi connectivity index (χ1v) is 7.03. The number of anilines is 1. The van der Waals surface area contributed by atoms with Gasteiger partial charge in [0, 0.05) is 17.8 Å². The van der Waals surface area contributed by atoms with Crippen molar-refractivity contribution in [3.05, 3.63) is 58.8 Å². The molecule has 23 heavy (non-hydrogen) atoms. The molecule has 0 aliphatic heterocycles. The lowest BCUT2D eigenvalue weighted by Gasteiger charge is -2.04. The molecule has 3 N–H and O–H groups in total. The maximum absolute atomic E-state index is 12.3. The molecule has 0 bridgehead atoms. The summed E-state index contributed by atoms with van der Waals surface area (Å²) in [4.78, 5) is 33.4. The van der Waals surface area contributed by atoms with Crippen molar-refractivity contribution in [1.29, 1.82) is 0 Å². The van der Waals surface area contributed by atoms with Crippen LogP contribution in [0.25, 0.3) is 22.1 Å². The van der Waals surface area contributed by atoms with Crippen molar-refractivity contribution < 1.29 is 9.21 Å². The van der Waals surface area contributed by atoms with Crippen LogP contribution in [0, 0.1) is 0 Å². The van der Waals surface area contributed by atoms with E-state index in [-0.39, 0.29) is 12.3 Å². The Morgan fingerprint density at radius 1 is 1.26 bits per heavy atom. The summed E-state index contributed by atoms with van der Waals surface area (Å²) >= 11 is 0. The number of benzene rings is 1. The molecule has 0 aliphatic rings. The number of fused-ring (bicyclic) bond motifs is 2. The van der Waals surface area contributed by atoms with Crippen molar-refractivity contribution in [1.82, 2.24) is 15.0 Å². The number of H-pyrrole nitrogens is 2. The molecule has 3 aromatic heterocycles. The molecule has 7 heteroatoms. The number of aromatic amines is 2. The highest BCUT2D eigenvalue weighted by Crippen LogP contribution is 2.21. The topological polar surface area (TPSA) is 104 Å². The summed E-state index contributed by atoms with van der Waals surface area (Å²) in [6.45, 7) is 0. The van der Waals surface area contributed by atoms with E-state index >= 15 is 0 Å². The van der Waals surface area contributed by atoms with Crippen LogP contribution < -0.4 is 11.1 Å². The van der Waals surface area contributed by atoms with Crippen LogP contribution in [0.5, 0.6) is 0 Å². The third-order valence-electron chi connectivity index (χ3n) is 3.61. The summed E-state index contributed by atoms with van der Waals surface area (Å²) < 4.78 is 5.06. The minimum Gasteiger partial charge on any atom is -0.406 e. The normalized spacial score (nSPS) is 11.1. The zero-order valence-corrected chi connectivity index (χ0v) is 11.9. The third kappa shape index (κ3) is 2.38. The van der Waals surface area contributed by atoms with Crippen molar-refractivity contribution in [3.8, 4) is 0 Å². The SMILES string of the molecule is O=C(Cc1c[nH]c2ncccc12)Nc1cccc2[nH]c(=O)oc12. The van der Waals surface area contributed by atoms with Gasteiger partial charge >= 0.3 is 5.76 Å². The molecule has 114 valence electrons. The van der Waals surface area contributed by atoms with Crippen LogP contribution in [0.3, 0.4) is 0 Å². The predicted molar refractivity (Wildman–Crippen MR) is 85.3 cm³/mol. The lowest BCUT2D eigenvalue weighted by atomic mass is 10.1. The number of aromatic nitrogens is 3. The van der Waals surface area contributed by atoms with Gasteiger partial charge in [-0.25, -0.2) is 9.78 Å². The average Bonchev–Trinajstić information content (AvgIpc) is 3.11. The summed E-state index contributed by atoms with van der Waals surface area (Å²) in [5.41, 5.74) is 2.95. The van der Waals surface area contributed by atoms with Gasteiger partial charge in [0.1, 0.15) is 5.65 Å². The van der Waals surface area contributed by atoms with Gasteiger partial charge in [0.25, 0.3) is 0 Å². The van der Waals surface area contributed by atoms with Crippen LogP contribution in [0.1, 0.15) is 5.56 Å². The molecule has 0 saturated carbocycles. The molecule has 0 atom stereocenters. The first kappa shape index (κ1) is 13.3. The van der Waals surface area contributed by atoms with E-state index in [1.807, 2.05) is 12.1 Å². The third-order valence-corrected chi connectivity index (χ3v) is 3.61. The number of amides is 1. The summed E-state index contributed by atoms with van der Waals surface area (Å²) in [5.74, 6) is -0.754. The Kier molecular flexibility index (Phi) is 2.97. The van der Waals surface area contributed by atoms with Gasteiger partial charge in [-0.05, 0) is 29.8 Å². The van der Waals surface area contributed by atoms with Gasteiger partial charge in [0.15, 0.2) is 5.58 Å². The smallest absolute Gasteiger partial charge is 0.406 e. The van der Waals surface area contributed by atoms with E-state index in [2.05, 4.69) is 20.3 Å². The van der Waals surface area contributed by atoms with Gasteiger partial charge in [-0.1, -0.05) is 6.07 Å². The predicted octanol–water partition coefficient (Wildman–Crippen LogP) is 2.18. The minimum atomic E-state index is -0.551. The number of hydrogen-bond acceptors (Lipinski definition) is 4. The maximum Gasteiger partial charge on any atom is 0.417 e. The molecule has 0 radical (unpaired) electrons. The Morgan fingerprint density at radius 2 is 2.17 bits per heavy atom. The molecule has 4 rings (SSSR count). The Morgan fingerprint density at radius 3 is 3.09 bits per heavy atom. The number of hydrogen-bond donors (Lipinski definition) is 3. The first-order chi connectivity index (χ1) is 11.2. The quantitative estimate of drug-likeness (QED) is 0.539. The number of para-hydroxylation sites is 1. The standard InChI is InChI=1S/C16H12N4O3/c21-13(7-9-8-18-15-10(9)3-2-6-17-15)19-11-4-1-5-12-14(11)23-16(22)20-12/h1-6,8H,7H2,(H,17,18)(H,19,21)(H,20,22). The molecule has 1 amide bonds. The van der Waals surface area contributed by atoms with Gasteiger partial charge in [0.2, 0.25) is 5.91 Å². The second-order valence-electron chi connectivity index (χ2n) is 5.14. The second kappa shape index (κ2) is 5.13. The molecule has 7 nitrogen and oxygen atoms in total. The lowest BCUT2D eigenvalue weighted by molar-refractivity contribution is -0.115. The molecule has 0 aliphatic carbocycles. The van der Waals surface area contributed by atoms with Crippen molar-refractivity contribution in [2.45, 2.75) is 6.42 Å². The van der Waals surface area contributed by atoms with Crippen LogP contribution >= 0.6 is 0 Å². The van der Waals surface area contributed by atoms with Crippen LogP contribution in [0.2, 0.25) is 0 Å². The highest BCUT2D eigenvalue weighted by atomic mass is 16.4. The fourth-order valence-electron chi connectivity index (χ4n) is 2.60. The van der Waals surface area contributed by atoms with Crippen molar-refractivity contribution in [2.75, 3.05) is 5.32 Å². The number of oxazole rings is 1. The maximum atomic E-state index is 12.3. The van der Waals surface area contributed by atoms with Gasteiger partial charge in [0.05, 0.1) is 17.6 Å². The first-order valence-electron chi connectivity index (χ1n) is 7.03. The molecule has 0 spiro atoms. The minimum absolute atomic E-state index is 0.191. The lowest BCUT2D eigenvalue weighted by Crippen LogP contribution is -2.14. The summed E-state index contributed by atoms with van der Waals surface area (Å²) in [5, 5.41) is 3.69. The van der Waals surface area contributed by atoms with Crippen LogP contribution in [-0.4, -0.2) is 20.9 Å². The second-order valence-corrected chi connectivity index (χ2v) is 5.14. The van der Waals surface area contributed by atoms with E-state index in [0.717, 1.165) is 16.6 Å². The summed E-state index contributed by atoms with van der Waals surface area (Å²) in [7, 11) is 0.